The Bertz CT molecular complexity index is 2360. The molecule has 3 aliphatic rings. The Hall–Kier alpha value is -5.59. The molecule has 0 bridgehead atoms. The molecule has 7 rings (SSSR count). The highest BCUT2D eigenvalue weighted by atomic mass is 35.5. The average molecular weight is 841 g/mol. The topological polar surface area (TPSA) is 177 Å². The minimum atomic E-state index is -2.50. The van der Waals surface area contributed by atoms with Crippen molar-refractivity contribution < 1.29 is 38.0 Å². The van der Waals surface area contributed by atoms with E-state index in [4.69, 9.17) is 26.1 Å². The first-order chi connectivity index (χ1) is 28.3. The Morgan fingerprint density at radius 3 is 2.47 bits per heavy atom. The number of benzene rings is 3. The van der Waals surface area contributed by atoms with E-state index in [0.717, 1.165) is 52.9 Å². The standard InChI is InChI=1S/C43H46ClN6O8P/c1-57-35-24-29(14-13-26(35)23-37-45-25-31(44)32(47-37)22-27-8-4-5-11-36(27)59(2,3)56)49-19-17-28(18-20-49)46-38(51)12-7-21-58-34-10-6-9-30-40(34)43(55)50(42(30)54)33-15-16-39(52)48-41(33)53/h4-6,8-11,13-14,24-25,28,33H,7,12,15-23H2,1-3H3,(H,46,51)(H,48,52,53). The normalized spacial score (nSPS) is 17.2. The highest BCUT2D eigenvalue weighted by molar-refractivity contribution is 7.70. The van der Waals surface area contributed by atoms with Gasteiger partial charge in [-0.2, -0.15) is 0 Å². The van der Waals surface area contributed by atoms with Gasteiger partial charge in [0.15, 0.2) is 0 Å². The van der Waals surface area contributed by atoms with Crippen molar-refractivity contribution in [1.29, 1.82) is 0 Å². The smallest absolute Gasteiger partial charge is 0.266 e. The first-order valence-corrected chi connectivity index (χ1v) is 22.6. The van der Waals surface area contributed by atoms with E-state index in [1.807, 2.05) is 36.4 Å². The van der Waals surface area contributed by atoms with Crippen LogP contribution in [0.25, 0.3) is 0 Å². The largest absolute Gasteiger partial charge is 0.496 e. The van der Waals surface area contributed by atoms with Gasteiger partial charge in [0.05, 0.1) is 35.6 Å². The van der Waals surface area contributed by atoms with Crippen LogP contribution in [0.4, 0.5) is 5.69 Å². The molecular weight excluding hydrogens is 795 g/mol. The van der Waals surface area contributed by atoms with Gasteiger partial charge in [-0.05, 0) is 62.8 Å². The summed E-state index contributed by atoms with van der Waals surface area (Å²) in [6, 6.07) is 17.4. The van der Waals surface area contributed by atoms with Crippen molar-refractivity contribution in [3.8, 4) is 11.5 Å². The van der Waals surface area contributed by atoms with Gasteiger partial charge < -0.3 is 24.3 Å². The van der Waals surface area contributed by atoms with Gasteiger partial charge in [-0.25, -0.2) is 9.97 Å². The molecule has 0 radical (unpaired) electrons. The zero-order valence-corrected chi connectivity index (χ0v) is 34.8. The minimum absolute atomic E-state index is 0.0185. The zero-order valence-electron chi connectivity index (χ0n) is 33.2. The van der Waals surface area contributed by atoms with Gasteiger partial charge in [0, 0.05) is 73.6 Å². The zero-order chi connectivity index (χ0) is 41.8. The maximum Gasteiger partial charge on any atom is 0.266 e. The molecule has 0 saturated carbocycles. The second kappa shape index (κ2) is 17.7. The van der Waals surface area contributed by atoms with Crippen LogP contribution in [0.1, 0.15) is 81.9 Å². The van der Waals surface area contributed by atoms with E-state index in [1.165, 1.54) is 6.07 Å². The number of nitrogens with one attached hydrogen (secondary N) is 2. The fourth-order valence-electron chi connectivity index (χ4n) is 7.87. The third kappa shape index (κ3) is 9.34. The Morgan fingerprint density at radius 1 is 0.949 bits per heavy atom. The molecule has 1 aromatic heterocycles. The van der Waals surface area contributed by atoms with Crippen LogP contribution in [-0.2, 0) is 31.8 Å². The molecule has 4 aromatic rings. The van der Waals surface area contributed by atoms with Gasteiger partial charge in [-0.3, -0.25) is 34.2 Å². The Kier molecular flexibility index (Phi) is 12.5. The number of fused-ring (bicyclic) bond motifs is 1. The van der Waals surface area contributed by atoms with Crippen molar-refractivity contribution in [1.82, 2.24) is 25.5 Å². The summed E-state index contributed by atoms with van der Waals surface area (Å²) in [4.78, 5) is 75.8. The van der Waals surface area contributed by atoms with Crippen molar-refractivity contribution in [3.63, 3.8) is 0 Å². The number of nitrogens with zero attached hydrogens (tertiary/aromatic N) is 4. The van der Waals surface area contributed by atoms with Crippen molar-refractivity contribution in [2.75, 3.05) is 45.0 Å². The van der Waals surface area contributed by atoms with Gasteiger partial charge in [-0.15, -0.1) is 0 Å². The summed E-state index contributed by atoms with van der Waals surface area (Å²) >= 11 is 6.53. The number of methoxy groups -OCH3 is 1. The summed E-state index contributed by atoms with van der Waals surface area (Å²) in [5, 5.41) is 6.60. The van der Waals surface area contributed by atoms with Crippen LogP contribution >= 0.6 is 18.7 Å². The SMILES string of the molecule is COc1cc(N2CCC(NC(=O)CCCOc3cccc4c3C(=O)N(C3CCC(=O)NC3=O)C4=O)CC2)ccc1Cc1ncc(Cl)c(Cc2ccccc2P(C)(C)=O)n1. The highest BCUT2D eigenvalue weighted by Gasteiger charge is 2.46. The van der Waals surface area contributed by atoms with E-state index in [0.29, 0.717) is 41.6 Å². The van der Waals surface area contributed by atoms with Crippen molar-refractivity contribution in [2.24, 2.45) is 0 Å². The number of hydrogen-bond acceptors (Lipinski definition) is 11. The second-order valence-electron chi connectivity index (χ2n) is 15.3. The minimum Gasteiger partial charge on any atom is -0.496 e. The van der Waals surface area contributed by atoms with Crippen LogP contribution in [0.2, 0.25) is 5.02 Å². The number of halogens is 1. The summed E-state index contributed by atoms with van der Waals surface area (Å²) in [6.07, 6.45) is 4.71. The maximum atomic E-state index is 13.3. The van der Waals surface area contributed by atoms with Crippen molar-refractivity contribution in [2.45, 2.75) is 63.5 Å². The third-order valence-corrected chi connectivity index (χ3v) is 12.8. The van der Waals surface area contributed by atoms with E-state index in [1.54, 1.807) is 38.8 Å². The second-order valence-corrected chi connectivity index (χ2v) is 18.9. The summed E-state index contributed by atoms with van der Waals surface area (Å²) in [5.41, 5.74) is 3.75. The molecule has 1 unspecified atom stereocenters. The molecule has 2 N–H and O–H groups in total. The summed E-state index contributed by atoms with van der Waals surface area (Å²) in [5.74, 6) is -0.940. The Morgan fingerprint density at radius 2 is 1.73 bits per heavy atom. The molecule has 2 fully saturated rings. The predicted molar refractivity (Wildman–Crippen MR) is 222 cm³/mol. The fourth-order valence-corrected chi connectivity index (χ4v) is 9.31. The third-order valence-electron chi connectivity index (χ3n) is 10.9. The summed E-state index contributed by atoms with van der Waals surface area (Å²) < 4.78 is 24.6. The number of amides is 5. The average Bonchev–Trinajstić information content (AvgIpc) is 3.47. The van der Waals surface area contributed by atoms with Crippen LogP contribution in [0.3, 0.4) is 0 Å². The van der Waals surface area contributed by atoms with Crippen LogP contribution < -0.4 is 30.3 Å². The first kappa shape index (κ1) is 41.6. The number of hydrogen-bond donors (Lipinski definition) is 2. The van der Waals surface area contributed by atoms with Crippen LogP contribution in [0, 0.1) is 0 Å². The lowest BCUT2D eigenvalue weighted by molar-refractivity contribution is -0.136. The highest BCUT2D eigenvalue weighted by Crippen LogP contribution is 2.37. The molecule has 3 aromatic carbocycles. The molecule has 14 nitrogen and oxygen atoms in total. The maximum absolute atomic E-state index is 13.3. The number of piperidine rings is 2. The quantitative estimate of drug-likeness (QED) is 0.100. The molecule has 3 aliphatic heterocycles. The van der Waals surface area contributed by atoms with Gasteiger partial charge in [-0.1, -0.05) is 48.0 Å². The number of anilines is 1. The molecule has 5 amide bonds. The molecule has 59 heavy (non-hydrogen) atoms. The first-order valence-electron chi connectivity index (χ1n) is 19.6. The van der Waals surface area contributed by atoms with Crippen molar-refractivity contribution >= 4 is 59.3 Å². The van der Waals surface area contributed by atoms with E-state index in [9.17, 15) is 28.5 Å². The number of rotatable bonds is 14. The number of aromatic nitrogens is 2. The summed E-state index contributed by atoms with van der Waals surface area (Å²) in [7, 11) is -0.860. The van der Waals surface area contributed by atoms with E-state index < -0.39 is 36.8 Å². The van der Waals surface area contributed by atoms with Gasteiger partial charge >= 0.3 is 0 Å². The van der Waals surface area contributed by atoms with Gasteiger partial charge in [0.25, 0.3) is 11.8 Å². The molecule has 0 spiro atoms. The number of ether oxygens (including phenoxy) is 2. The van der Waals surface area contributed by atoms with Crippen LogP contribution in [0.5, 0.6) is 11.5 Å². The molecule has 308 valence electrons. The molecular formula is C43H46ClN6O8P. The Labute approximate surface area is 347 Å². The van der Waals surface area contributed by atoms with E-state index >= 15 is 0 Å². The molecule has 16 heteroatoms. The molecule has 4 heterocycles. The fraction of sp³-hybridized carbons (Fsp3) is 0.372. The number of imide groups is 2. The van der Waals surface area contributed by atoms with Crippen LogP contribution in [0.15, 0.2) is 66.9 Å². The predicted octanol–water partition coefficient (Wildman–Crippen LogP) is 4.91. The van der Waals surface area contributed by atoms with E-state index in [-0.39, 0.29) is 54.7 Å². The number of carbonyl (C=O) groups excluding carboxylic acids is 5. The van der Waals surface area contributed by atoms with Gasteiger partial charge in [0.1, 0.15) is 30.5 Å². The Balaban J connectivity index is 0.882. The summed E-state index contributed by atoms with van der Waals surface area (Å²) in [6.45, 7) is 5.14. The molecule has 2 saturated heterocycles. The van der Waals surface area contributed by atoms with Crippen LogP contribution in [-0.4, -0.2) is 96.6 Å². The van der Waals surface area contributed by atoms with Crippen molar-refractivity contribution in [3.05, 3.63) is 106 Å². The lowest BCUT2D eigenvalue weighted by Gasteiger charge is -2.34. The molecule has 0 aliphatic carbocycles. The number of carbonyl (C=O) groups is 5. The van der Waals surface area contributed by atoms with Gasteiger partial charge in [0.2, 0.25) is 17.7 Å². The van der Waals surface area contributed by atoms with E-state index in [2.05, 4.69) is 26.6 Å². The molecule has 1 atom stereocenters. The lowest BCUT2D eigenvalue weighted by Crippen LogP contribution is -2.54. The monoisotopic (exact) mass is 840 g/mol. The lowest BCUT2D eigenvalue weighted by atomic mass is 10.0.